The van der Waals surface area contributed by atoms with Crippen LogP contribution >= 0.6 is 0 Å². The Balaban J connectivity index is 0.741. The summed E-state index contributed by atoms with van der Waals surface area (Å²) in [7, 11) is 0. The second-order valence-corrected chi connectivity index (χ2v) is 18.6. The minimum atomic E-state index is -1.02. The van der Waals surface area contributed by atoms with Crippen LogP contribution in [0.15, 0.2) is 59.1 Å². The van der Waals surface area contributed by atoms with Crippen LogP contribution in [0.4, 0.5) is 20.2 Å². The maximum atomic E-state index is 14.6. The number of imidazole rings is 1. The summed E-state index contributed by atoms with van der Waals surface area (Å²) in [5.74, 6) is -2.90. The number of rotatable bonds is 17. The number of hydrogen-bond donors (Lipinski definition) is 3. The van der Waals surface area contributed by atoms with E-state index in [1.165, 1.54) is 6.07 Å². The third kappa shape index (κ3) is 9.76. The van der Waals surface area contributed by atoms with Gasteiger partial charge in [-0.2, -0.15) is 0 Å². The summed E-state index contributed by atoms with van der Waals surface area (Å²) in [6, 6.07) is 13.2. The van der Waals surface area contributed by atoms with E-state index >= 15 is 0 Å². The van der Waals surface area contributed by atoms with Gasteiger partial charge in [0.1, 0.15) is 17.6 Å². The van der Waals surface area contributed by atoms with Gasteiger partial charge in [-0.3, -0.25) is 43.9 Å². The Morgan fingerprint density at radius 1 is 0.797 bits per heavy atom. The smallest absolute Gasteiger partial charge is 0.264 e. The Morgan fingerprint density at radius 3 is 2.30 bits per heavy atom. The molecule has 3 aromatic carbocycles. The number of anilines is 2. The molecular weight excluding hydrogens is 889 g/mol. The number of carbonyl (C=O) groups is 6. The molecule has 362 valence electrons. The zero-order valence-corrected chi connectivity index (χ0v) is 39.0. The second-order valence-electron chi connectivity index (χ2n) is 18.6. The lowest BCUT2D eigenvalue weighted by atomic mass is 9.98. The molecule has 9 rings (SSSR count). The molecule has 0 aliphatic carbocycles. The van der Waals surface area contributed by atoms with E-state index in [-0.39, 0.29) is 48.2 Å². The molecule has 2 atom stereocenters. The number of likely N-dealkylation sites (tertiary alicyclic amines) is 1. The molecule has 18 heteroatoms. The van der Waals surface area contributed by atoms with E-state index in [1.807, 2.05) is 32.0 Å². The predicted molar refractivity (Wildman–Crippen MR) is 252 cm³/mol. The SMILES string of the molecule is Cc1noc(C)c1-c1ccc2c(c1)nc([C@@H]1CCCC(=O)N1c1ccc(F)c(F)c1)n2C1CCN(CC(=O)NCCCCCCCCNc2cccc3c2C(=O)N(C2CCC(=O)NC2=O)C3=O)CC1. The average Bonchev–Trinajstić information content (AvgIpc) is 3.97. The number of hydrogen-bond acceptors (Lipinski definition) is 11. The van der Waals surface area contributed by atoms with E-state index in [1.54, 1.807) is 23.1 Å². The summed E-state index contributed by atoms with van der Waals surface area (Å²) in [5.41, 5.74) is 5.58. The molecule has 6 amide bonds. The Labute approximate surface area is 398 Å². The first kappa shape index (κ1) is 47.3. The second kappa shape index (κ2) is 20.4. The lowest BCUT2D eigenvalue weighted by Crippen LogP contribution is -2.54. The summed E-state index contributed by atoms with van der Waals surface area (Å²) in [6.45, 7) is 6.62. The van der Waals surface area contributed by atoms with Crippen molar-refractivity contribution in [3.8, 4) is 11.1 Å². The van der Waals surface area contributed by atoms with Crippen molar-refractivity contribution in [3.05, 3.63) is 94.6 Å². The Morgan fingerprint density at radius 2 is 1.57 bits per heavy atom. The van der Waals surface area contributed by atoms with Gasteiger partial charge in [0.15, 0.2) is 11.6 Å². The van der Waals surface area contributed by atoms with E-state index in [0.717, 1.165) is 96.3 Å². The van der Waals surface area contributed by atoms with E-state index in [2.05, 4.69) is 30.6 Å². The van der Waals surface area contributed by atoms with Crippen LogP contribution in [0.25, 0.3) is 22.2 Å². The number of halogens is 2. The zero-order chi connectivity index (χ0) is 48.3. The molecule has 4 aliphatic rings. The maximum Gasteiger partial charge on any atom is 0.264 e. The van der Waals surface area contributed by atoms with Crippen molar-refractivity contribution in [2.45, 2.75) is 115 Å². The first-order chi connectivity index (χ1) is 33.4. The molecule has 1 unspecified atom stereocenters. The molecule has 3 saturated heterocycles. The Hall–Kier alpha value is -6.82. The largest absolute Gasteiger partial charge is 0.384 e. The number of nitrogens with one attached hydrogen (secondary N) is 3. The highest BCUT2D eigenvalue weighted by molar-refractivity contribution is 6.25. The third-order valence-electron chi connectivity index (χ3n) is 14.0. The number of aryl methyl sites for hydroxylation is 2. The number of piperidine rings is 3. The standard InChI is InChI=1S/C51H57F2N9O7/c1-30-46(31(2)69-58-30)32-15-18-40-39(27-32)56-48(41-13-10-14-45(65)60(41)34-16-17-36(52)37(53)28-34)61(40)33-21-25-59(26-22-33)29-44(64)55-24-8-6-4-3-5-7-23-54-38-12-9-11-35-47(38)51(68)62(50(35)67)42-19-20-43(63)57-49(42)66/h9,11-12,15-18,27-28,33,41-42,54H,3-8,10,13-14,19-26,29H2,1-2H3,(H,55,64)(H,57,63,66)/t41-,42?/m0/s1. The fourth-order valence-electron chi connectivity index (χ4n) is 10.5. The van der Waals surface area contributed by atoms with Crippen molar-refractivity contribution in [2.24, 2.45) is 0 Å². The molecule has 6 heterocycles. The molecule has 3 N–H and O–H groups in total. The van der Waals surface area contributed by atoms with Crippen LogP contribution < -0.4 is 20.9 Å². The topological polar surface area (TPSA) is 192 Å². The monoisotopic (exact) mass is 945 g/mol. The van der Waals surface area contributed by atoms with Crippen LogP contribution in [0.2, 0.25) is 0 Å². The van der Waals surface area contributed by atoms with Gasteiger partial charge in [0.2, 0.25) is 23.6 Å². The predicted octanol–water partition coefficient (Wildman–Crippen LogP) is 7.45. The van der Waals surface area contributed by atoms with Crippen LogP contribution in [0.3, 0.4) is 0 Å². The average molecular weight is 946 g/mol. The first-order valence-electron chi connectivity index (χ1n) is 24.2. The quantitative estimate of drug-likeness (QED) is 0.0620. The van der Waals surface area contributed by atoms with Crippen LogP contribution in [0.5, 0.6) is 0 Å². The van der Waals surface area contributed by atoms with E-state index in [4.69, 9.17) is 9.51 Å². The van der Waals surface area contributed by atoms with E-state index in [0.29, 0.717) is 68.5 Å². The number of benzene rings is 3. The molecule has 0 bridgehead atoms. The molecule has 0 radical (unpaired) electrons. The normalized spacial score (nSPS) is 19.2. The van der Waals surface area contributed by atoms with Gasteiger partial charge in [-0.25, -0.2) is 13.8 Å². The van der Waals surface area contributed by atoms with Crippen LogP contribution in [-0.2, 0) is 19.2 Å². The van der Waals surface area contributed by atoms with E-state index in [9.17, 15) is 37.5 Å². The number of carbonyl (C=O) groups excluding carboxylic acids is 6. The van der Waals surface area contributed by atoms with Crippen molar-refractivity contribution >= 4 is 57.9 Å². The number of aromatic nitrogens is 3. The number of amides is 6. The van der Waals surface area contributed by atoms with Crippen LogP contribution in [-0.4, -0.2) is 98.7 Å². The molecule has 16 nitrogen and oxygen atoms in total. The summed E-state index contributed by atoms with van der Waals surface area (Å²) >= 11 is 0. The van der Waals surface area contributed by atoms with Gasteiger partial charge in [-0.1, -0.05) is 43.0 Å². The Kier molecular flexibility index (Phi) is 14.0. The molecule has 2 aromatic heterocycles. The molecule has 0 spiro atoms. The third-order valence-corrected chi connectivity index (χ3v) is 14.0. The number of fused-ring (bicyclic) bond motifs is 2. The van der Waals surface area contributed by atoms with Gasteiger partial charge in [-0.05, 0) is 101 Å². The van der Waals surface area contributed by atoms with Gasteiger partial charge in [-0.15, -0.1) is 0 Å². The molecular formula is C51H57F2N9O7. The van der Waals surface area contributed by atoms with Gasteiger partial charge in [0.25, 0.3) is 11.8 Å². The van der Waals surface area contributed by atoms with E-state index < -0.39 is 47.3 Å². The lowest BCUT2D eigenvalue weighted by molar-refractivity contribution is -0.136. The minimum absolute atomic E-state index is 0.0144. The van der Waals surface area contributed by atoms with Crippen LogP contribution in [0, 0.1) is 25.5 Å². The molecule has 69 heavy (non-hydrogen) atoms. The van der Waals surface area contributed by atoms with Crippen molar-refractivity contribution in [1.82, 2.24) is 35.1 Å². The van der Waals surface area contributed by atoms with Crippen molar-refractivity contribution in [1.29, 1.82) is 0 Å². The number of unbranched alkanes of at least 4 members (excludes halogenated alkanes) is 5. The summed E-state index contributed by atoms with van der Waals surface area (Å²) in [5, 5.41) is 12.8. The maximum absolute atomic E-state index is 14.6. The van der Waals surface area contributed by atoms with Gasteiger partial charge in [0, 0.05) is 68.1 Å². The molecule has 3 fully saturated rings. The summed E-state index contributed by atoms with van der Waals surface area (Å²) in [6.07, 6.45) is 8.86. The van der Waals surface area contributed by atoms with Crippen LogP contribution in [0.1, 0.15) is 134 Å². The molecule has 0 saturated carbocycles. The highest BCUT2D eigenvalue weighted by atomic mass is 19.2. The number of imide groups is 2. The fraction of sp³-hybridized carbons (Fsp3) is 0.451. The molecule has 5 aromatic rings. The van der Waals surface area contributed by atoms with Gasteiger partial charge in [0.05, 0.1) is 40.4 Å². The first-order valence-corrected chi connectivity index (χ1v) is 24.2. The number of nitrogens with zero attached hydrogens (tertiary/aromatic N) is 6. The minimum Gasteiger partial charge on any atom is -0.384 e. The zero-order valence-electron chi connectivity index (χ0n) is 39.0. The van der Waals surface area contributed by atoms with Crippen molar-refractivity contribution < 1.29 is 42.1 Å². The Bertz CT molecular complexity index is 2800. The van der Waals surface area contributed by atoms with Crippen molar-refractivity contribution in [3.63, 3.8) is 0 Å². The van der Waals surface area contributed by atoms with Gasteiger partial charge < -0.3 is 24.6 Å². The highest BCUT2D eigenvalue weighted by Crippen LogP contribution is 2.41. The van der Waals surface area contributed by atoms with Gasteiger partial charge >= 0.3 is 0 Å². The summed E-state index contributed by atoms with van der Waals surface area (Å²) in [4.78, 5) is 87.2. The van der Waals surface area contributed by atoms with Crippen molar-refractivity contribution in [2.75, 3.05) is 42.9 Å². The lowest BCUT2D eigenvalue weighted by Gasteiger charge is -2.38. The highest BCUT2D eigenvalue weighted by Gasteiger charge is 2.46. The molecule has 4 aliphatic heterocycles. The fourth-order valence-corrected chi connectivity index (χ4v) is 10.5. The summed E-state index contributed by atoms with van der Waals surface area (Å²) < 4.78 is 36.4.